The van der Waals surface area contributed by atoms with Crippen molar-refractivity contribution in [2.24, 2.45) is 0 Å². The molecule has 0 spiro atoms. The fourth-order valence-electron chi connectivity index (χ4n) is 1.77. The molecule has 1 aliphatic rings. The van der Waals surface area contributed by atoms with E-state index >= 15 is 0 Å². The van der Waals surface area contributed by atoms with E-state index in [1.54, 1.807) is 13.2 Å². The molecular weight excluding hydrogens is 244 g/mol. The van der Waals surface area contributed by atoms with Gasteiger partial charge < -0.3 is 20.1 Å². The molecule has 1 saturated carbocycles. The largest absolute Gasteiger partial charge is 0.497 e. The molecule has 1 fully saturated rings. The number of benzene rings is 1. The van der Waals surface area contributed by atoms with Gasteiger partial charge in [0, 0.05) is 24.2 Å². The van der Waals surface area contributed by atoms with E-state index in [4.69, 9.17) is 9.47 Å². The van der Waals surface area contributed by atoms with E-state index in [1.165, 1.54) is 0 Å². The van der Waals surface area contributed by atoms with Gasteiger partial charge in [0.25, 0.3) is 5.91 Å². The first-order chi connectivity index (χ1) is 9.22. The number of hydrogen-bond acceptors (Lipinski definition) is 4. The Labute approximate surface area is 113 Å². The van der Waals surface area contributed by atoms with Gasteiger partial charge in [-0.05, 0) is 26.0 Å². The SMILES string of the molecule is CNCc1ccc(OC)cc1OCC(=O)NC1CC1. The summed E-state index contributed by atoms with van der Waals surface area (Å²) in [6.07, 6.45) is 2.16. The number of amides is 1. The average Bonchev–Trinajstić information content (AvgIpc) is 3.22. The zero-order valence-electron chi connectivity index (χ0n) is 11.4. The molecule has 0 heterocycles. The molecule has 104 valence electrons. The minimum absolute atomic E-state index is 0.0420. The molecule has 1 aliphatic carbocycles. The van der Waals surface area contributed by atoms with Gasteiger partial charge in [0.05, 0.1) is 7.11 Å². The van der Waals surface area contributed by atoms with Crippen LogP contribution in [0.1, 0.15) is 18.4 Å². The number of nitrogens with one attached hydrogen (secondary N) is 2. The van der Waals surface area contributed by atoms with Crippen molar-refractivity contribution in [2.45, 2.75) is 25.4 Å². The van der Waals surface area contributed by atoms with Crippen LogP contribution in [0.25, 0.3) is 0 Å². The van der Waals surface area contributed by atoms with E-state index in [0.717, 1.165) is 24.2 Å². The summed E-state index contributed by atoms with van der Waals surface area (Å²) in [6, 6.07) is 5.97. The molecule has 1 amide bonds. The first-order valence-corrected chi connectivity index (χ1v) is 6.46. The molecule has 0 bridgehead atoms. The van der Waals surface area contributed by atoms with Crippen LogP contribution in [0.4, 0.5) is 0 Å². The maximum atomic E-state index is 11.6. The normalized spacial score (nSPS) is 14.0. The average molecular weight is 264 g/mol. The lowest BCUT2D eigenvalue weighted by Gasteiger charge is -2.12. The van der Waals surface area contributed by atoms with Crippen molar-refractivity contribution in [3.05, 3.63) is 23.8 Å². The first-order valence-electron chi connectivity index (χ1n) is 6.46. The summed E-state index contributed by atoms with van der Waals surface area (Å²) in [6.45, 7) is 0.726. The van der Waals surface area contributed by atoms with Gasteiger partial charge in [-0.1, -0.05) is 6.07 Å². The van der Waals surface area contributed by atoms with Crippen LogP contribution in [0.15, 0.2) is 18.2 Å². The zero-order valence-corrected chi connectivity index (χ0v) is 11.4. The Bertz CT molecular complexity index is 444. The van der Waals surface area contributed by atoms with E-state index in [9.17, 15) is 4.79 Å². The monoisotopic (exact) mass is 264 g/mol. The number of methoxy groups -OCH3 is 1. The predicted molar refractivity (Wildman–Crippen MR) is 72.4 cm³/mol. The molecule has 5 heteroatoms. The van der Waals surface area contributed by atoms with E-state index in [2.05, 4.69) is 10.6 Å². The van der Waals surface area contributed by atoms with Crippen molar-refractivity contribution in [3.8, 4) is 11.5 Å². The molecule has 2 rings (SSSR count). The van der Waals surface area contributed by atoms with Crippen LogP contribution in [-0.2, 0) is 11.3 Å². The topological polar surface area (TPSA) is 59.6 Å². The Balaban J connectivity index is 1.97. The fraction of sp³-hybridized carbons (Fsp3) is 0.500. The summed E-state index contributed by atoms with van der Waals surface area (Å²) >= 11 is 0. The maximum absolute atomic E-state index is 11.6. The molecule has 0 saturated heterocycles. The second-order valence-corrected chi connectivity index (χ2v) is 4.63. The molecule has 19 heavy (non-hydrogen) atoms. The number of ether oxygens (including phenoxy) is 2. The summed E-state index contributed by atoms with van der Waals surface area (Å²) < 4.78 is 10.8. The minimum atomic E-state index is -0.0688. The Morgan fingerprint density at radius 2 is 2.21 bits per heavy atom. The van der Waals surface area contributed by atoms with Crippen molar-refractivity contribution in [1.29, 1.82) is 0 Å². The van der Waals surface area contributed by atoms with Gasteiger partial charge in [-0.25, -0.2) is 0 Å². The summed E-state index contributed by atoms with van der Waals surface area (Å²) in [5.74, 6) is 1.33. The summed E-state index contributed by atoms with van der Waals surface area (Å²) in [5.41, 5.74) is 1.00. The Hall–Kier alpha value is -1.75. The minimum Gasteiger partial charge on any atom is -0.497 e. The van der Waals surface area contributed by atoms with Gasteiger partial charge in [0.15, 0.2) is 6.61 Å². The third-order valence-electron chi connectivity index (χ3n) is 2.94. The van der Waals surface area contributed by atoms with Crippen molar-refractivity contribution in [1.82, 2.24) is 10.6 Å². The fourth-order valence-corrected chi connectivity index (χ4v) is 1.77. The quantitative estimate of drug-likeness (QED) is 0.773. The second kappa shape index (κ2) is 6.43. The van der Waals surface area contributed by atoms with E-state index in [0.29, 0.717) is 18.3 Å². The third-order valence-corrected chi connectivity index (χ3v) is 2.94. The highest BCUT2D eigenvalue weighted by Gasteiger charge is 2.23. The van der Waals surface area contributed by atoms with Gasteiger partial charge >= 0.3 is 0 Å². The first kappa shape index (κ1) is 13.7. The smallest absolute Gasteiger partial charge is 0.258 e. The van der Waals surface area contributed by atoms with Crippen molar-refractivity contribution in [3.63, 3.8) is 0 Å². The highest BCUT2D eigenvalue weighted by atomic mass is 16.5. The van der Waals surface area contributed by atoms with Gasteiger partial charge in [-0.3, -0.25) is 4.79 Å². The number of carbonyl (C=O) groups excluding carboxylic acids is 1. The van der Waals surface area contributed by atoms with E-state index in [1.807, 2.05) is 19.2 Å². The van der Waals surface area contributed by atoms with Gasteiger partial charge in [-0.15, -0.1) is 0 Å². The lowest BCUT2D eigenvalue weighted by molar-refractivity contribution is -0.123. The van der Waals surface area contributed by atoms with Crippen LogP contribution in [0.3, 0.4) is 0 Å². The lowest BCUT2D eigenvalue weighted by atomic mass is 10.2. The molecular formula is C14H20N2O3. The molecule has 0 aliphatic heterocycles. The second-order valence-electron chi connectivity index (χ2n) is 4.63. The Morgan fingerprint density at radius 3 is 2.84 bits per heavy atom. The predicted octanol–water partition coefficient (Wildman–Crippen LogP) is 1.07. The van der Waals surface area contributed by atoms with E-state index < -0.39 is 0 Å². The van der Waals surface area contributed by atoms with Crippen LogP contribution in [0.5, 0.6) is 11.5 Å². The molecule has 5 nitrogen and oxygen atoms in total. The van der Waals surface area contributed by atoms with Crippen LogP contribution < -0.4 is 20.1 Å². The van der Waals surface area contributed by atoms with E-state index in [-0.39, 0.29) is 12.5 Å². The standard InChI is InChI=1S/C14H20N2O3/c1-15-8-10-3-6-12(18-2)7-13(10)19-9-14(17)16-11-4-5-11/h3,6-7,11,15H,4-5,8-9H2,1-2H3,(H,16,17). The summed E-state index contributed by atoms with van der Waals surface area (Å²) in [5, 5.41) is 5.96. The highest BCUT2D eigenvalue weighted by Crippen LogP contribution is 2.25. The number of rotatable bonds is 7. The molecule has 0 radical (unpaired) electrons. The Kier molecular flexibility index (Phi) is 4.63. The molecule has 2 N–H and O–H groups in total. The van der Waals surface area contributed by atoms with Gasteiger partial charge in [0.1, 0.15) is 11.5 Å². The third kappa shape index (κ3) is 4.13. The van der Waals surface area contributed by atoms with Crippen LogP contribution in [0.2, 0.25) is 0 Å². The Morgan fingerprint density at radius 1 is 1.42 bits per heavy atom. The van der Waals surface area contributed by atoms with Crippen LogP contribution in [-0.4, -0.2) is 32.7 Å². The molecule has 1 aromatic rings. The molecule has 1 aromatic carbocycles. The number of carbonyl (C=O) groups is 1. The molecule has 0 aromatic heterocycles. The summed E-state index contributed by atoms with van der Waals surface area (Å²) in [4.78, 5) is 11.6. The lowest BCUT2D eigenvalue weighted by Crippen LogP contribution is -2.30. The summed E-state index contributed by atoms with van der Waals surface area (Å²) in [7, 11) is 3.48. The highest BCUT2D eigenvalue weighted by molar-refractivity contribution is 5.78. The molecule has 0 atom stereocenters. The number of hydrogen-bond donors (Lipinski definition) is 2. The van der Waals surface area contributed by atoms with Crippen molar-refractivity contribution in [2.75, 3.05) is 20.8 Å². The maximum Gasteiger partial charge on any atom is 0.258 e. The van der Waals surface area contributed by atoms with Crippen molar-refractivity contribution >= 4 is 5.91 Å². The van der Waals surface area contributed by atoms with Gasteiger partial charge in [0.2, 0.25) is 0 Å². The van der Waals surface area contributed by atoms with Crippen LogP contribution in [0, 0.1) is 0 Å². The molecule has 0 unspecified atom stereocenters. The zero-order chi connectivity index (χ0) is 13.7. The van der Waals surface area contributed by atoms with Crippen LogP contribution >= 0.6 is 0 Å². The van der Waals surface area contributed by atoms with Gasteiger partial charge in [-0.2, -0.15) is 0 Å². The van der Waals surface area contributed by atoms with Crippen molar-refractivity contribution < 1.29 is 14.3 Å².